The second-order valence-electron chi connectivity index (χ2n) is 7.44. The van der Waals surface area contributed by atoms with Crippen molar-refractivity contribution in [3.8, 4) is 5.75 Å². The summed E-state index contributed by atoms with van der Waals surface area (Å²) >= 11 is 0. The van der Waals surface area contributed by atoms with E-state index >= 15 is 0 Å². The monoisotopic (exact) mass is 412 g/mol. The molecular weight excluding hydrogens is 396 g/mol. The number of pyridine rings is 1. The molecule has 6 rings (SSSR count). The molecule has 5 aromatic rings. The Morgan fingerprint density at radius 2 is 1.94 bits per heavy atom. The zero-order valence-corrected chi connectivity index (χ0v) is 16.4. The van der Waals surface area contributed by atoms with Crippen molar-refractivity contribution in [2.45, 2.75) is 5.92 Å². The summed E-state index contributed by atoms with van der Waals surface area (Å²) in [7, 11) is 1.57. The number of methoxy groups -OCH3 is 1. The molecule has 152 valence electrons. The minimum Gasteiger partial charge on any atom is -0.497 e. The number of H-pyrrole nitrogens is 2. The van der Waals surface area contributed by atoms with E-state index in [4.69, 9.17) is 9.15 Å². The lowest BCUT2D eigenvalue weighted by atomic mass is 9.83. The van der Waals surface area contributed by atoms with Crippen LogP contribution in [0, 0.1) is 0 Å². The van der Waals surface area contributed by atoms with Crippen LogP contribution < -0.4 is 21.2 Å². The van der Waals surface area contributed by atoms with Gasteiger partial charge in [-0.1, -0.05) is 12.1 Å². The van der Waals surface area contributed by atoms with E-state index in [1.807, 2.05) is 30.3 Å². The Morgan fingerprint density at radius 1 is 1.06 bits per heavy atom. The van der Waals surface area contributed by atoms with Gasteiger partial charge in [0.1, 0.15) is 17.2 Å². The van der Waals surface area contributed by atoms with Crippen molar-refractivity contribution < 1.29 is 9.15 Å². The van der Waals surface area contributed by atoms with Gasteiger partial charge in [-0.3, -0.25) is 9.89 Å². The SMILES string of the molecule is COc1ccc2cc([C@@H]3c4cn[nH]c4Nc4c3c(=O)oc3ccccc43)c(=O)[nH]c2c1. The number of benzene rings is 2. The molecule has 31 heavy (non-hydrogen) atoms. The molecule has 3 N–H and O–H groups in total. The van der Waals surface area contributed by atoms with Crippen molar-refractivity contribution in [3.63, 3.8) is 0 Å². The van der Waals surface area contributed by atoms with E-state index in [1.54, 1.807) is 31.5 Å². The number of hydrogen-bond acceptors (Lipinski definition) is 6. The molecule has 8 nitrogen and oxygen atoms in total. The van der Waals surface area contributed by atoms with Crippen LogP contribution in [0.4, 0.5) is 11.5 Å². The molecule has 0 bridgehead atoms. The van der Waals surface area contributed by atoms with Gasteiger partial charge >= 0.3 is 5.63 Å². The van der Waals surface area contributed by atoms with Gasteiger partial charge in [-0.05, 0) is 35.7 Å². The molecule has 0 fully saturated rings. The van der Waals surface area contributed by atoms with Crippen LogP contribution in [0.5, 0.6) is 5.75 Å². The van der Waals surface area contributed by atoms with Crippen molar-refractivity contribution in [3.05, 3.63) is 92.2 Å². The molecule has 8 heteroatoms. The lowest BCUT2D eigenvalue weighted by molar-refractivity contribution is 0.415. The highest BCUT2D eigenvalue weighted by Gasteiger charge is 2.35. The van der Waals surface area contributed by atoms with Gasteiger partial charge in [-0.2, -0.15) is 5.10 Å². The van der Waals surface area contributed by atoms with Crippen molar-refractivity contribution in [1.29, 1.82) is 0 Å². The Balaban J connectivity index is 1.68. The van der Waals surface area contributed by atoms with Crippen LogP contribution >= 0.6 is 0 Å². The number of ether oxygens (including phenoxy) is 1. The van der Waals surface area contributed by atoms with E-state index in [-0.39, 0.29) is 5.56 Å². The summed E-state index contributed by atoms with van der Waals surface area (Å²) < 4.78 is 10.9. The van der Waals surface area contributed by atoms with E-state index in [2.05, 4.69) is 20.5 Å². The molecule has 0 unspecified atom stereocenters. The van der Waals surface area contributed by atoms with Gasteiger partial charge in [0.15, 0.2) is 0 Å². The third-order valence-electron chi connectivity index (χ3n) is 5.76. The minimum atomic E-state index is -0.638. The predicted octanol–water partition coefficient (Wildman–Crippen LogP) is 3.60. The summed E-state index contributed by atoms with van der Waals surface area (Å²) in [5, 5.41) is 11.9. The molecule has 3 aromatic heterocycles. The number of hydrogen-bond donors (Lipinski definition) is 3. The second-order valence-corrected chi connectivity index (χ2v) is 7.44. The first kappa shape index (κ1) is 17.5. The van der Waals surface area contributed by atoms with Crippen LogP contribution in [0.1, 0.15) is 22.6 Å². The maximum Gasteiger partial charge on any atom is 0.342 e. The number of fused-ring (bicyclic) bond motifs is 5. The van der Waals surface area contributed by atoms with E-state index in [0.717, 1.165) is 10.8 Å². The second kappa shape index (κ2) is 6.33. The van der Waals surface area contributed by atoms with Crippen molar-refractivity contribution in [2.75, 3.05) is 12.4 Å². The van der Waals surface area contributed by atoms with E-state index < -0.39 is 11.5 Å². The fourth-order valence-corrected chi connectivity index (χ4v) is 4.32. The quantitative estimate of drug-likeness (QED) is 0.375. The Morgan fingerprint density at radius 3 is 2.81 bits per heavy atom. The van der Waals surface area contributed by atoms with Crippen LogP contribution in [-0.2, 0) is 0 Å². The molecule has 0 saturated carbocycles. The molecule has 0 aliphatic carbocycles. The molecule has 0 spiro atoms. The summed E-state index contributed by atoms with van der Waals surface area (Å²) in [6, 6.07) is 14.6. The average Bonchev–Trinajstić information content (AvgIpc) is 3.25. The summed E-state index contributed by atoms with van der Waals surface area (Å²) in [5.74, 6) is 0.649. The van der Waals surface area contributed by atoms with Crippen molar-refractivity contribution in [2.24, 2.45) is 0 Å². The number of anilines is 2. The Bertz CT molecular complexity index is 1610. The number of para-hydroxylation sites is 1. The maximum atomic E-state index is 13.2. The highest BCUT2D eigenvalue weighted by molar-refractivity contribution is 5.95. The summed E-state index contributed by atoms with van der Waals surface area (Å²) in [5.41, 5.74) is 2.47. The average molecular weight is 412 g/mol. The largest absolute Gasteiger partial charge is 0.497 e. The first-order chi connectivity index (χ1) is 15.1. The van der Waals surface area contributed by atoms with Crippen molar-refractivity contribution in [1.82, 2.24) is 15.2 Å². The van der Waals surface area contributed by atoms with Gasteiger partial charge in [0.05, 0.1) is 36.0 Å². The molecule has 2 aromatic carbocycles. The fraction of sp³-hybridized carbons (Fsp3) is 0.0870. The molecule has 0 amide bonds. The van der Waals surface area contributed by atoms with E-state index in [0.29, 0.717) is 45.0 Å². The first-order valence-corrected chi connectivity index (χ1v) is 9.71. The van der Waals surface area contributed by atoms with E-state index in [9.17, 15) is 9.59 Å². The zero-order valence-electron chi connectivity index (χ0n) is 16.4. The van der Waals surface area contributed by atoms with Gasteiger partial charge in [-0.15, -0.1) is 0 Å². The molecule has 4 heterocycles. The normalized spacial score (nSPS) is 14.8. The number of nitrogens with zero attached hydrogens (tertiary/aromatic N) is 1. The third-order valence-corrected chi connectivity index (χ3v) is 5.76. The highest BCUT2D eigenvalue weighted by atomic mass is 16.5. The number of aromatic amines is 2. The van der Waals surface area contributed by atoms with Crippen LogP contribution in [0.3, 0.4) is 0 Å². The number of aromatic nitrogens is 3. The molecular formula is C23H16N4O4. The van der Waals surface area contributed by atoms with Gasteiger partial charge in [-0.25, -0.2) is 4.79 Å². The maximum absolute atomic E-state index is 13.2. The summed E-state index contributed by atoms with van der Waals surface area (Å²) in [4.78, 5) is 29.2. The fourth-order valence-electron chi connectivity index (χ4n) is 4.32. The molecule has 0 radical (unpaired) electrons. The van der Waals surface area contributed by atoms with Crippen LogP contribution in [0.2, 0.25) is 0 Å². The zero-order chi connectivity index (χ0) is 21.1. The van der Waals surface area contributed by atoms with Gasteiger partial charge in [0, 0.05) is 22.6 Å². The third kappa shape index (κ3) is 2.51. The van der Waals surface area contributed by atoms with Gasteiger partial charge in [0.2, 0.25) is 0 Å². The lowest BCUT2D eigenvalue weighted by Crippen LogP contribution is -2.26. The summed E-state index contributed by atoms with van der Waals surface area (Å²) in [6.45, 7) is 0. The van der Waals surface area contributed by atoms with E-state index in [1.165, 1.54) is 0 Å². The van der Waals surface area contributed by atoms with Crippen LogP contribution in [0.25, 0.3) is 21.9 Å². The molecule has 0 saturated heterocycles. The molecule has 1 atom stereocenters. The Kier molecular flexibility index (Phi) is 3.58. The van der Waals surface area contributed by atoms with Gasteiger partial charge < -0.3 is 19.5 Å². The molecule has 1 aliphatic heterocycles. The summed E-state index contributed by atoms with van der Waals surface area (Å²) in [6.07, 6.45) is 1.63. The standard InChI is InChI=1S/C23H16N4O4/c1-30-12-7-6-11-8-14(22(28)25-16(11)9-12)18-15-10-24-27-21(15)26-20-13-4-2-3-5-17(13)31-23(29)19(18)20/h2-10,18H,1H3,(H,25,28)(H2,24,26,27)/t18-/m1/s1. The number of nitrogens with one attached hydrogen (secondary N) is 3. The number of rotatable bonds is 2. The molecule has 1 aliphatic rings. The van der Waals surface area contributed by atoms with Crippen LogP contribution in [-0.4, -0.2) is 22.3 Å². The van der Waals surface area contributed by atoms with Gasteiger partial charge in [0.25, 0.3) is 5.56 Å². The lowest BCUT2D eigenvalue weighted by Gasteiger charge is -2.26. The van der Waals surface area contributed by atoms with Crippen LogP contribution in [0.15, 0.2) is 68.7 Å². The Hall–Kier alpha value is -4.33. The Labute approximate surface area is 174 Å². The minimum absolute atomic E-state index is 0.293. The van der Waals surface area contributed by atoms with Crippen molar-refractivity contribution >= 4 is 33.4 Å². The topological polar surface area (TPSA) is 113 Å². The first-order valence-electron chi connectivity index (χ1n) is 9.71. The predicted molar refractivity (Wildman–Crippen MR) is 116 cm³/mol. The smallest absolute Gasteiger partial charge is 0.342 e. The highest BCUT2D eigenvalue weighted by Crippen LogP contribution is 2.44.